The summed E-state index contributed by atoms with van der Waals surface area (Å²) in [5.74, 6) is 2.33. The van der Waals surface area contributed by atoms with Crippen LogP contribution in [0.5, 0.6) is 0 Å². The SMILES string of the molecule is CC(C)C1CCC(NC2(C)CCS(=O)(=O)C2)CC1. The van der Waals surface area contributed by atoms with Crippen molar-refractivity contribution in [1.29, 1.82) is 0 Å². The van der Waals surface area contributed by atoms with Gasteiger partial charge in [-0.2, -0.15) is 0 Å². The molecule has 2 aliphatic rings. The third kappa shape index (κ3) is 3.47. The summed E-state index contributed by atoms with van der Waals surface area (Å²) in [5, 5.41) is 3.63. The van der Waals surface area contributed by atoms with Crippen LogP contribution in [0.3, 0.4) is 0 Å². The first-order valence-electron chi connectivity index (χ1n) is 7.28. The second kappa shape index (κ2) is 5.12. The molecule has 18 heavy (non-hydrogen) atoms. The van der Waals surface area contributed by atoms with E-state index in [-0.39, 0.29) is 5.54 Å². The van der Waals surface area contributed by atoms with E-state index >= 15 is 0 Å². The van der Waals surface area contributed by atoms with Gasteiger partial charge in [0.05, 0.1) is 11.5 Å². The normalized spacial score (nSPS) is 40.2. The van der Waals surface area contributed by atoms with Crippen LogP contribution in [0, 0.1) is 11.8 Å². The van der Waals surface area contributed by atoms with Crippen LogP contribution < -0.4 is 5.32 Å². The summed E-state index contributed by atoms with van der Waals surface area (Å²) >= 11 is 0. The van der Waals surface area contributed by atoms with Crippen molar-refractivity contribution in [3.05, 3.63) is 0 Å². The van der Waals surface area contributed by atoms with Crippen molar-refractivity contribution in [3.8, 4) is 0 Å². The highest BCUT2D eigenvalue weighted by Gasteiger charge is 2.40. The Labute approximate surface area is 112 Å². The highest BCUT2D eigenvalue weighted by atomic mass is 32.2. The molecular formula is C14H27NO2S. The molecule has 1 aliphatic heterocycles. The highest BCUT2D eigenvalue weighted by molar-refractivity contribution is 7.91. The van der Waals surface area contributed by atoms with Gasteiger partial charge in [0.1, 0.15) is 0 Å². The molecule has 0 radical (unpaired) electrons. The molecule has 0 aromatic rings. The standard InChI is InChI=1S/C14H27NO2S/c1-11(2)12-4-6-13(7-5-12)15-14(3)8-9-18(16,17)10-14/h11-13,15H,4-10H2,1-3H3. The van der Waals surface area contributed by atoms with E-state index in [9.17, 15) is 8.42 Å². The average Bonchev–Trinajstić information content (AvgIpc) is 2.53. The maximum Gasteiger partial charge on any atom is 0.152 e. The maximum absolute atomic E-state index is 11.6. The van der Waals surface area contributed by atoms with Crippen LogP contribution in [0.4, 0.5) is 0 Å². The Bertz CT molecular complexity index is 383. The summed E-state index contributed by atoms with van der Waals surface area (Å²) in [5.41, 5.74) is -0.172. The van der Waals surface area contributed by atoms with E-state index in [0.717, 1.165) is 18.3 Å². The Morgan fingerprint density at radius 2 is 1.78 bits per heavy atom. The van der Waals surface area contributed by atoms with E-state index in [2.05, 4.69) is 26.1 Å². The van der Waals surface area contributed by atoms with E-state index in [1.54, 1.807) is 0 Å². The van der Waals surface area contributed by atoms with Gasteiger partial charge in [-0.15, -0.1) is 0 Å². The molecule has 4 heteroatoms. The summed E-state index contributed by atoms with van der Waals surface area (Å²) in [7, 11) is -2.79. The van der Waals surface area contributed by atoms with Crippen molar-refractivity contribution in [1.82, 2.24) is 5.32 Å². The van der Waals surface area contributed by atoms with Crippen molar-refractivity contribution in [3.63, 3.8) is 0 Å². The molecule has 1 aliphatic carbocycles. The fourth-order valence-corrected chi connectivity index (χ4v) is 5.65. The molecular weight excluding hydrogens is 246 g/mol. The first-order valence-corrected chi connectivity index (χ1v) is 9.10. The summed E-state index contributed by atoms with van der Waals surface area (Å²) < 4.78 is 23.2. The molecule has 0 aromatic carbocycles. The zero-order chi connectivity index (χ0) is 13.4. The molecule has 1 N–H and O–H groups in total. The van der Waals surface area contributed by atoms with Crippen LogP contribution in [0.25, 0.3) is 0 Å². The molecule has 1 saturated carbocycles. The maximum atomic E-state index is 11.6. The molecule has 106 valence electrons. The van der Waals surface area contributed by atoms with Crippen molar-refractivity contribution in [2.45, 2.75) is 64.5 Å². The number of hydrogen-bond donors (Lipinski definition) is 1. The second-order valence-corrected chi connectivity index (χ2v) is 9.09. The Hall–Kier alpha value is -0.0900. The van der Waals surface area contributed by atoms with Crippen molar-refractivity contribution >= 4 is 9.84 Å². The minimum atomic E-state index is -2.79. The quantitative estimate of drug-likeness (QED) is 0.858. The smallest absolute Gasteiger partial charge is 0.152 e. The molecule has 1 saturated heterocycles. The van der Waals surface area contributed by atoms with Gasteiger partial charge in [0, 0.05) is 11.6 Å². The Morgan fingerprint density at radius 1 is 1.17 bits per heavy atom. The average molecular weight is 273 g/mol. The number of nitrogens with one attached hydrogen (secondary N) is 1. The van der Waals surface area contributed by atoms with Crippen LogP contribution in [-0.4, -0.2) is 31.5 Å². The lowest BCUT2D eigenvalue weighted by molar-refractivity contribution is 0.210. The van der Waals surface area contributed by atoms with Gasteiger partial charge in [-0.1, -0.05) is 13.8 Å². The number of hydrogen-bond acceptors (Lipinski definition) is 3. The topological polar surface area (TPSA) is 46.2 Å². The first-order chi connectivity index (χ1) is 8.30. The fourth-order valence-electron chi connectivity index (χ4n) is 3.55. The van der Waals surface area contributed by atoms with Crippen LogP contribution in [0.15, 0.2) is 0 Å². The van der Waals surface area contributed by atoms with Gasteiger partial charge in [0.25, 0.3) is 0 Å². The van der Waals surface area contributed by atoms with Crippen LogP contribution >= 0.6 is 0 Å². The third-order valence-corrected chi connectivity index (χ3v) is 6.67. The van der Waals surface area contributed by atoms with Crippen molar-refractivity contribution in [2.75, 3.05) is 11.5 Å². The Kier molecular flexibility index (Phi) is 4.07. The number of sulfone groups is 1. The summed E-state index contributed by atoms with van der Waals surface area (Å²) in [6.07, 6.45) is 5.77. The molecule has 2 fully saturated rings. The van der Waals surface area contributed by atoms with Crippen LogP contribution in [0.1, 0.15) is 52.9 Å². The lowest BCUT2D eigenvalue weighted by Crippen LogP contribution is -2.50. The van der Waals surface area contributed by atoms with Crippen molar-refractivity contribution < 1.29 is 8.42 Å². The zero-order valence-electron chi connectivity index (χ0n) is 11.9. The molecule has 3 nitrogen and oxygen atoms in total. The predicted octanol–water partition coefficient (Wildman–Crippen LogP) is 2.37. The van der Waals surface area contributed by atoms with Gasteiger partial charge in [-0.25, -0.2) is 8.42 Å². The molecule has 1 heterocycles. The van der Waals surface area contributed by atoms with E-state index in [1.807, 2.05) is 0 Å². The van der Waals surface area contributed by atoms with Gasteiger partial charge in [-0.05, 0) is 50.9 Å². The largest absolute Gasteiger partial charge is 0.308 e. The summed E-state index contributed by atoms with van der Waals surface area (Å²) in [4.78, 5) is 0. The van der Waals surface area contributed by atoms with E-state index in [0.29, 0.717) is 17.5 Å². The lowest BCUT2D eigenvalue weighted by atomic mass is 9.79. The zero-order valence-corrected chi connectivity index (χ0v) is 12.7. The van der Waals surface area contributed by atoms with E-state index < -0.39 is 9.84 Å². The lowest BCUT2D eigenvalue weighted by Gasteiger charge is -2.36. The van der Waals surface area contributed by atoms with Gasteiger partial charge in [-0.3, -0.25) is 0 Å². The highest BCUT2D eigenvalue weighted by Crippen LogP contribution is 2.32. The van der Waals surface area contributed by atoms with Gasteiger partial charge in [0.15, 0.2) is 9.84 Å². The van der Waals surface area contributed by atoms with Crippen LogP contribution in [-0.2, 0) is 9.84 Å². The molecule has 1 atom stereocenters. The molecule has 0 aromatic heterocycles. The molecule has 0 spiro atoms. The third-order valence-electron chi connectivity index (χ3n) is 4.77. The van der Waals surface area contributed by atoms with Gasteiger partial charge < -0.3 is 5.32 Å². The molecule has 2 rings (SSSR count). The fraction of sp³-hybridized carbons (Fsp3) is 1.00. The number of rotatable bonds is 3. The van der Waals surface area contributed by atoms with Crippen LogP contribution in [0.2, 0.25) is 0 Å². The van der Waals surface area contributed by atoms with Gasteiger partial charge in [0.2, 0.25) is 0 Å². The van der Waals surface area contributed by atoms with E-state index in [4.69, 9.17) is 0 Å². The Balaban J connectivity index is 1.85. The van der Waals surface area contributed by atoms with E-state index in [1.165, 1.54) is 25.7 Å². The minimum absolute atomic E-state index is 0.172. The molecule has 1 unspecified atom stereocenters. The van der Waals surface area contributed by atoms with Crippen molar-refractivity contribution in [2.24, 2.45) is 11.8 Å². The summed E-state index contributed by atoms with van der Waals surface area (Å²) in [6.45, 7) is 6.69. The van der Waals surface area contributed by atoms with Gasteiger partial charge >= 0.3 is 0 Å². The monoisotopic (exact) mass is 273 g/mol. The second-order valence-electron chi connectivity index (χ2n) is 6.90. The molecule has 0 bridgehead atoms. The Morgan fingerprint density at radius 3 is 2.22 bits per heavy atom. The molecule has 0 amide bonds. The minimum Gasteiger partial charge on any atom is -0.308 e. The first kappa shape index (κ1) is 14.3. The summed E-state index contributed by atoms with van der Waals surface area (Å²) in [6, 6.07) is 0.526. The predicted molar refractivity (Wildman–Crippen MR) is 75.4 cm³/mol.